The number of likely N-dealkylation sites (N-methyl/N-ethyl adjacent to an activating group) is 1. The lowest BCUT2D eigenvalue weighted by molar-refractivity contribution is -0.144. The lowest BCUT2D eigenvalue weighted by Gasteiger charge is -2.20. The predicted octanol–water partition coefficient (Wildman–Crippen LogP) is 0.692. The van der Waals surface area contributed by atoms with Crippen LogP contribution in [-0.4, -0.2) is 60.9 Å². The largest absolute Gasteiger partial charge is 0.497 e. The van der Waals surface area contributed by atoms with Gasteiger partial charge in [0.15, 0.2) is 0 Å². The Bertz CT molecular complexity index is 748. The summed E-state index contributed by atoms with van der Waals surface area (Å²) in [6.45, 7) is 2.84. The maximum Gasteiger partial charge on any atom is 0.334 e. The molecule has 1 aliphatic heterocycles. The molecule has 140 valence electrons. The number of carbonyl (C=O) groups is 4. The third-order valence-corrected chi connectivity index (χ3v) is 4.03. The fourth-order valence-corrected chi connectivity index (χ4v) is 2.65. The van der Waals surface area contributed by atoms with Crippen LogP contribution in [0.1, 0.15) is 25.5 Å². The number of hydrogen-bond donors (Lipinski definition) is 1. The first-order chi connectivity index (χ1) is 12.3. The van der Waals surface area contributed by atoms with Crippen molar-refractivity contribution in [1.82, 2.24) is 15.1 Å². The Morgan fingerprint density at radius 3 is 2.31 bits per heavy atom. The Labute approximate surface area is 150 Å². The third kappa shape index (κ3) is 3.61. The molecule has 1 aromatic carbocycles. The summed E-state index contributed by atoms with van der Waals surface area (Å²) in [6, 6.07) is 3.90. The molecule has 0 bridgehead atoms. The molecule has 1 heterocycles. The van der Waals surface area contributed by atoms with Crippen molar-refractivity contribution in [3.63, 3.8) is 0 Å². The molecular weight excluding hydrogens is 342 g/mol. The molecule has 9 heteroatoms. The van der Waals surface area contributed by atoms with Crippen molar-refractivity contribution in [3.05, 3.63) is 23.8 Å². The normalized spacial score (nSPS) is 15.3. The van der Waals surface area contributed by atoms with Crippen molar-refractivity contribution in [2.75, 3.05) is 27.3 Å². The summed E-state index contributed by atoms with van der Waals surface area (Å²) in [4.78, 5) is 49.3. The van der Waals surface area contributed by atoms with Crippen molar-refractivity contribution >= 4 is 23.8 Å². The Morgan fingerprint density at radius 1 is 1.12 bits per heavy atom. The summed E-state index contributed by atoms with van der Waals surface area (Å²) >= 11 is 0. The highest BCUT2D eigenvalue weighted by Crippen LogP contribution is 2.29. The third-order valence-electron chi connectivity index (χ3n) is 4.03. The Morgan fingerprint density at radius 2 is 1.77 bits per heavy atom. The first-order valence-corrected chi connectivity index (χ1v) is 8.02. The van der Waals surface area contributed by atoms with E-state index in [4.69, 9.17) is 9.47 Å². The second-order valence-electron chi connectivity index (χ2n) is 5.62. The van der Waals surface area contributed by atoms with Gasteiger partial charge in [0.1, 0.15) is 18.0 Å². The molecule has 1 aromatic rings. The van der Waals surface area contributed by atoms with Gasteiger partial charge in [-0.2, -0.15) is 0 Å². The van der Waals surface area contributed by atoms with Gasteiger partial charge in [-0.25, -0.2) is 9.69 Å². The number of methoxy groups -OCH3 is 2. The monoisotopic (exact) mass is 363 g/mol. The van der Waals surface area contributed by atoms with Crippen LogP contribution < -0.4 is 14.8 Å². The van der Waals surface area contributed by atoms with Crippen LogP contribution in [0, 0.1) is 0 Å². The molecule has 0 spiro atoms. The molecule has 0 radical (unpaired) electrons. The zero-order chi connectivity index (χ0) is 19.4. The van der Waals surface area contributed by atoms with E-state index in [0.717, 1.165) is 4.90 Å². The van der Waals surface area contributed by atoms with Crippen LogP contribution >= 0.6 is 0 Å². The van der Waals surface area contributed by atoms with Crippen molar-refractivity contribution in [3.8, 4) is 11.5 Å². The second-order valence-corrected chi connectivity index (χ2v) is 5.62. The number of urea groups is 1. The molecule has 2 rings (SSSR count). The highest BCUT2D eigenvalue weighted by atomic mass is 16.5. The Hall–Kier alpha value is -3.10. The minimum atomic E-state index is -1.00. The first kappa shape index (κ1) is 19.2. The van der Waals surface area contributed by atoms with Crippen molar-refractivity contribution in [2.45, 2.75) is 19.9 Å². The minimum Gasteiger partial charge on any atom is -0.497 e. The van der Waals surface area contributed by atoms with Crippen LogP contribution in [0.25, 0.3) is 0 Å². The molecule has 1 atom stereocenters. The zero-order valence-corrected chi connectivity index (χ0v) is 15.1. The van der Waals surface area contributed by atoms with E-state index in [0.29, 0.717) is 22.0 Å². The molecule has 1 N–H and O–H groups in total. The van der Waals surface area contributed by atoms with Crippen LogP contribution in [0.5, 0.6) is 11.5 Å². The van der Waals surface area contributed by atoms with Crippen molar-refractivity contribution < 1.29 is 28.7 Å². The molecule has 0 saturated carbocycles. The second kappa shape index (κ2) is 7.85. The average molecular weight is 363 g/mol. The van der Waals surface area contributed by atoms with E-state index in [2.05, 4.69) is 5.32 Å². The van der Waals surface area contributed by atoms with Gasteiger partial charge in [0, 0.05) is 12.1 Å². The van der Waals surface area contributed by atoms with E-state index in [9.17, 15) is 19.2 Å². The van der Waals surface area contributed by atoms with E-state index in [1.165, 1.54) is 14.2 Å². The lowest BCUT2D eigenvalue weighted by Crippen LogP contribution is -2.42. The number of imide groups is 2. The Balaban J connectivity index is 2.10. The number of carbonyl (C=O) groups excluding carboxylic acids is 4. The number of amides is 5. The fourth-order valence-electron chi connectivity index (χ4n) is 2.65. The summed E-state index contributed by atoms with van der Waals surface area (Å²) in [6.07, 6.45) is 0. The average Bonchev–Trinajstić information content (AvgIpc) is 2.83. The number of benzene rings is 1. The highest BCUT2D eigenvalue weighted by molar-refractivity contribution is 6.45. The summed E-state index contributed by atoms with van der Waals surface area (Å²) < 4.78 is 10.5. The molecule has 9 nitrogen and oxygen atoms in total. The standard InChI is InChI=1S/C17H21N3O6/c1-5-19-15(22)16(23)20(17(19)24)9-14(21)18-10(2)12-8-11(25-3)6-7-13(12)26-4/h6-8,10H,5,9H2,1-4H3,(H,18,21)/t10-/m1/s1. The molecule has 1 fully saturated rings. The van der Waals surface area contributed by atoms with E-state index < -0.39 is 36.3 Å². The zero-order valence-electron chi connectivity index (χ0n) is 15.1. The van der Waals surface area contributed by atoms with Crippen LogP contribution in [0.4, 0.5) is 4.79 Å². The lowest BCUT2D eigenvalue weighted by atomic mass is 10.1. The molecular formula is C17H21N3O6. The molecule has 0 aromatic heterocycles. The smallest absolute Gasteiger partial charge is 0.334 e. The summed E-state index contributed by atoms with van der Waals surface area (Å²) in [5, 5.41) is 2.69. The van der Waals surface area contributed by atoms with Crippen LogP contribution in [0.3, 0.4) is 0 Å². The van der Waals surface area contributed by atoms with E-state index in [-0.39, 0.29) is 6.54 Å². The van der Waals surface area contributed by atoms with Gasteiger partial charge in [0.2, 0.25) is 5.91 Å². The molecule has 26 heavy (non-hydrogen) atoms. The summed E-state index contributed by atoms with van der Waals surface area (Å²) in [7, 11) is 3.03. The molecule has 5 amide bonds. The van der Waals surface area contributed by atoms with Gasteiger partial charge in [-0.3, -0.25) is 19.3 Å². The number of nitrogens with zero attached hydrogens (tertiary/aromatic N) is 2. The maximum absolute atomic E-state index is 12.3. The minimum absolute atomic E-state index is 0.0684. The van der Waals surface area contributed by atoms with Crippen LogP contribution in [-0.2, 0) is 14.4 Å². The van der Waals surface area contributed by atoms with Gasteiger partial charge in [-0.15, -0.1) is 0 Å². The summed E-state index contributed by atoms with van der Waals surface area (Å²) in [5.41, 5.74) is 0.672. The van der Waals surface area contributed by atoms with Gasteiger partial charge in [-0.1, -0.05) is 0 Å². The molecule has 0 unspecified atom stereocenters. The highest BCUT2D eigenvalue weighted by Gasteiger charge is 2.44. The summed E-state index contributed by atoms with van der Waals surface area (Å²) in [5.74, 6) is -1.35. The van der Waals surface area contributed by atoms with Crippen LogP contribution in [0.15, 0.2) is 18.2 Å². The maximum atomic E-state index is 12.3. The van der Waals surface area contributed by atoms with Gasteiger partial charge in [0.25, 0.3) is 0 Å². The SMILES string of the molecule is CCN1C(=O)C(=O)N(CC(=O)N[C@H](C)c2cc(OC)ccc2OC)C1=O. The van der Waals surface area contributed by atoms with E-state index in [1.54, 1.807) is 32.0 Å². The predicted molar refractivity (Wildman–Crippen MR) is 90.6 cm³/mol. The number of ether oxygens (including phenoxy) is 2. The van der Waals surface area contributed by atoms with E-state index >= 15 is 0 Å². The van der Waals surface area contributed by atoms with Crippen molar-refractivity contribution in [1.29, 1.82) is 0 Å². The van der Waals surface area contributed by atoms with Gasteiger partial charge in [-0.05, 0) is 32.0 Å². The topological polar surface area (TPSA) is 105 Å². The van der Waals surface area contributed by atoms with E-state index in [1.807, 2.05) is 0 Å². The van der Waals surface area contributed by atoms with Gasteiger partial charge < -0.3 is 14.8 Å². The molecule has 1 aliphatic rings. The fraction of sp³-hybridized carbons (Fsp3) is 0.412. The van der Waals surface area contributed by atoms with Gasteiger partial charge >= 0.3 is 17.8 Å². The first-order valence-electron chi connectivity index (χ1n) is 8.02. The van der Waals surface area contributed by atoms with Crippen LogP contribution in [0.2, 0.25) is 0 Å². The van der Waals surface area contributed by atoms with Gasteiger partial charge in [0.05, 0.1) is 20.3 Å². The molecule has 0 aliphatic carbocycles. The Kier molecular flexibility index (Phi) is 5.81. The number of nitrogens with one attached hydrogen (secondary N) is 1. The number of rotatable bonds is 7. The number of hydrogen-bond acceptors (Lipinski definition) is 6. The van der Waals surface area contributed by atoms with Crippen molar-refractivity contribution in [2.24, 2.45) is 0 Å². The quantitative estimate of drug-likeness (QED) is 0.564. The molecule has 1 saturated heterocycles.